The predicted molar refractivity (Wildman–Crippen MR) is 80.6 cm³/mol. The zero-order chi connectivity index (χ0) is 13.6. The molecule has 7 rings (SSSR count). The van der Waals surface area contributed by atoms with E-state index in [1.54, 1.807) is 0 Å². The van der Waals surface area contributed by atoms with Gasteiger partial charge in [-0.2, -0.15) is 0 Å². The van der Waals surface area contributed by atoms with Gasteiger partial charge in [-0.1, -0.05) is 18.2 Å². The molecule has 3 heteroatoms. The number of rotatable bonds is 0. The topological polar surface area (TPSA) is 34.0 Å². The van der Waals surface area contributed by atoms with Gasteiger partial charge in [-0.25, -0.2) is 0 Å². The smallest absolute Gasteiger partial charge is 0.149 e. The van der Waals surface area contributed by atoms with Crippen molar-refractivity contribution in [2.45, 2.75) is 11.8 Å². The van der Waals surface area contributed by atoms with Crippen LogP contribution in [0.1, 0.15) is 12.0 Å². The number of nitrogens with zero attached hydrogens (tertiary/aromatic N) is 2. The van der Waals surface area contributed by atoms with Crippen LogP contribution in [0.4, 0.5) is 0 Å². The van der Waals surface area contributed by atoms with Crippen LogP contribution in [0.3, 0.4) is 0 Å². The number of para-hydroxylation sites is 1. The molecule has 0 aromatic heterocycles. The second-order valence-corrected chi connectivity index (χ2v) is 5.91. The van der Waals surface area contributed by atoms with E-state index in [9.17, 15) is 0 Å². The maximum absolute atomic E-state index is 6.24. The lowest BCUT2D eigenvalue weighted by molar-refractivity contribution is 0.405. The Labute approximate surface area is 121 Å². The minimum Gasteiger partial charge on any atom is -0.457 e. The minimum absolute atomic E-state index is 0.296. The molecule has 3 nitrogen and oxygen atoms in total. The van der Waals surface area contributed by atoms with E-state index in [0.717, 1.165) is 34.9 Å². The Morgan fingerprint density at radius 2 is 2.10 bits per heavy atom. The number of fused-ring (bicyclic) bond motifs is 2. The van der Waals surface area contributed by atoms with Gasteiger partial charge in [0.2, 0.25) is 0 Å². The molecule has 4 aliphatic heterocycles. The number of benzene rings is 1. The van der Waals surface area contributed by atoms with Gasteiger partial charge in [0, 0.05) is 29.5 Å². The van der Waals surface area contributed by atoms with Gasteiger partial charge in [0.15, 0.2) is 0 Å². The Kier molecular flexibility index (Phi) is 1.44. The highest BCUT2D eigenvalue weighted by Gasteiger charge is 2.55. The number of hydrogen-bond donors (Lipinski definition) is 0. The normalized spacial score (nSPS) is 29.1. The van der Waals surface area contributed by atoms with Gasteiger partial charge in [-0.15, -0.1) is 0 Å². The van der Waals surface area contributed by atoms with E-state index in [1.807, 2.05) is 24.4 Å². The van der Waals surface area contributed by atoms with Crippen molar-refractivity contribution in [1.82, 2.24) is 0 Å². The molecule has 1 unspecified atom stereocenters. The van der Waals surface area contributed by atoms with Crippen LogP contribution in [-0.2, 0) is 5.41 Å². The molecular weight excluding hydrogens is 260 g/mol. The number of ether oxygens (including phenoxy) is 1. The summed E-state index contributed by atoms with van der Waals surface area (Å²) in [5, 5.41) is 0. The molecule has 4 heterocycles. The Morgan fingerprint density at radius 3 is 3.05 bits per heavy atom. The zero-order valence-corrected chi connectivity index (χ0v) is 11.1. The van der Waals surface area contributed by atoms with Crippen LogP contribution in [0, 0.1) is 0 Å². The van der Waals surface area contributed by atoms with Crippen LogP contribution < -0.4 is 4.74 Å². The summed E-state index contributed by atoms with van der Waals surface area (Å²) in [4.78, 5) is 9.15. The van der Waals surface area contributed by atoms with Gasteiger partial charge in [-0.05, 0) is 29.9 Å². The Morgan fingerprint density at radius 1 is 1.19 bits per heavy atom. The molecule has 2 bridgehead atoms. The van der Waals surface area contributed by atoms with Crippen LogP contribution >= 0.6 is 0 Å². The lowest BCUT2D eigenvalue weighted by Crippen LogP contribution is -2.40. The predicted octanol–water partition coefficient (Wildman–Crippen LogP) is 3.22. The lowest BCUT2D eigenvalue weighted by Gasteiger charge is -2.41. The largest absolute Gasteiger partial charge is 0.457 e. The quantitative estimate of drug-likeness (QED) is 0.712. The molecule has 0 amide bonds. The Hall–Kier alpha value is -2.68. The van der Waals surface area contributed by atoms with Gasteiger partial charge in [0.1, 0.15) is 22.6 Å². The molecule has 1 aromatic rings. The van der Waals surface area contributed by atoms with Crippen molar-refractivity contribution in [2.24, 2.45) is 9.98 Å². The molecular formula is C18H10N2O. The highest BCUT2D eigenvalue weighted by Crippen LogP contribution is 2.59. The van der Waals surface area contributed by atoms with E-state index in [2.05, 4.69) is 34.3 Å². The summed E-state index contributed by atoms with van der Waals surface area (Å²) < 4.78 is 6.24. The number of allylic oxidation sites excluding steroid dienone is 4. The second kappa shape index (κ2) is 2.98. The average Bonchev–Trinajstić information content (AvgIpc) is 3.04. The van der Waals surface area contributed by atoms with Crippen molar-refractivity contribution in [3.05, 3.63) is 76.4 Å². The van der Waals surface area contributed by atoms with Crippen LogP contribution in [0.2, 0.25) is 0 Å². The van der Waals surface area contributed by atoms with Crippen LogP contribution in [0.5, 0.6) is 5.75 Å². The SMILES string of the molecule is C1=NC2=C3Oc4ccccc4C34C=C3CC(=N3)C4=CC2=C1. The molecule has 21 heavy (non-hydrogen) atoms. The van der Waals surface area contributed by atoms with Gasteiger partial charge in [0.25, 0.3) is 0 Å². The maximum atomic E-state index is 6.24. The van der Waals surface area contributed by atoms with Crippen molar-refractivity contribution in [1.29, 1.82) is 0 Å². The zero-order valence-electron chi connectivity index (χ0n) is 11.1. The van der Waals surface area contributed by atoms with Crippen molar-refractivity contribution >= 4 is 11.9 Å². The van der Waals surface area contributed by atoms with E-state index >= 15 is 0 Å². The van der Waals surface area contributed by atoms with E-state index in [4.69, 9.17) is 4.74 Å². The highest BCUT2D eigenvalue weighted by molar-refractivity contribution is 6.13. The van der Waals surface area contributed by atoms with Crippen molar-refractivity contribution in [2.75, 3.05) is 0 Å². The summed E-state index contributed by atoms with van der Waals surface area (Å²) in [6, 6.07) is 8.29. The van der Waals surface area contributed by atoms with Crippen molar-refractivity contribution in [3.63, 3.8) is 0 Å². The third-order valence-corrected chi connectivity index (χ3v) is 4.87. The fourth-order valence-corrected chi connectivity index (χ4v) is 3.97. The molecule has 1 spiro atoms. The summed E-state index contributed by atoms with van der Waals surface area (Å²) in [6.45, 7) is 0. The summed E-state index contributed by atoms with van der Waals surface area (Å²) in [5.74, 6) is 1.89. The first-order valence-corrected chi connectivity index (χ1v) is 7.15. The van der Waals surface area contributed by atoms with E-state index in [-0.39, 0.29) is 5.41 Å². The van der Waals surface area contributed by atoms with Gasteiger partial charge in [0.05, 0.1) is 5.71 Å². The lowest BCUT2D eigenvalue weighted by atomic mass is 9.63. The van der Waals surface area contributed by atoms with Crippen molar-refractivity contribution < 1.29 is 4.74 Å². The van der Waals surface area contributed by atoms with Gasteiger partial charge >= 0.3 is 0 Å². The summed E-state index contributed by atoms with van der Waals surface area (Å²) in [7, 11) is 0. The Balaban J connectivity index is 1.79. The molecule has 0 radical (unpaired) electrons. The van der Waals surface area contributed by atoms with E-state index in [0.29, 0.717) is 0 Å². The van der Waals surface area contributed by atoms with E-state index < -0.39 is 0 Å². The minimum atomic E-state index is -0.296. The summed E-state index contributed by atoms with van der Waals surface area (Å²) in [6.07, 6.45) is 9.38. The molecule has 0 fully saturated rings. The molecule has 0 saturated carbocycles. The molecule has 2 aliphatic carbocycles. The Bertz CT molecular complexity index is 940. The van der Waals surface area contributed by atoms with Crippen LogP contribution in [-0.4, -0.2) is 11.9 Å². The molecule has 0 N–H and O–H groups in total. The monoisotopic (exact) mass is 270 g/mol. The van der Waals surface area contributed by atoms with Crippen molar-refractivity contribution in [3.8, 4) is 5.75 Å². The average molecular weight is 270 g/mol. The first-order chi connectivity index (χ1) is 10.4. The molecule has 6 aliphatic rings. The first kappa shape index (κ1) is 10.1. The maximum Gasteiger partial charge on any atom is 0.149 e. The third-order valence-electron chi connectivity index (χ3n) is 4.87. The van der Waals surface area contributed by atoms with Gasteiger partial charge < -0.3 is 4.74 Å². The number of hydrogen-bond acceptors (Lipinski definition) is 3. The number of aliphatic imine (C=N–C) groups is 2. The van der Waals surface area contributed by atoms with Crippen LogP contribution in [0.15, 0.2) is 80.8 Å². The van der Waals surface area contributed by atoms with Gasteiger partial charge in [-0.3, -0.25) is 9.98 Å². The standard InChI is InChI=1S/C18H10N2O/c1-2-4-15-12(3-1)18-9-11-8-14(20-11)13(18)7-10-5-6-19-16(10)17(18)21-15/h1-7,9H,8H2. The second-order valence-electron chi connectivity index (χ2n) is 5.91. The molecule has 1 aromatic carbocycles. The van der Waals surface area contributed by atoms with Crippen LogP contribution in [0.25, 0.3) is 0 Å². The molecule has 1 atom stereocenters. The third kappa shape index (κ3) is 0.953. The fraction of sp³-hybridized carbons (Fsp3) is 0.111. The summed E-state index contributed by atoms with van der Waals surface area (Å²) >= 11 is 0. The summed E-state index contributed by atoms with van der Waals surface area (Å²) in [5.41, 5.74) is 6.63. The fourth-order valence-electron chi connectivity index (χ4n) is 3.97. The van der Waals surface area contributed by atoms with E-state index in [1.165, 1.54) is 16.8 Å². The highest BCUT2D eigenvalue weighted by atomic mass is 16.5. The molecule has 98 valence electrons. The first-order valence-electron chi connectivity index (χ1n) is 7.15. The molecule has 0 saturated heterocycles.